The van der Waals surface area contributed by atoms with Gasteiger partial charge in [-0.1, -0.05) is 27.2 Å². The average molecular weight is 240 g/mol. The molecule has 0 radical (unpaired) electrons. The fourth-order valence-corrected chi connectivity index (χ4v) is 1.56. The molecule has 17 heavy (non-hydrogen) atoms. The van der Waals surface area contributed by atoms with Gasteiger partial charge in [-0.2, -0.15) is 5.26 Å². The Balaban J connectivity index is 3.29. The molecule has 0 aromatic heterocycles. The Hall–Kier alpha value is -0.590. The molecule has 0 aliphatic carbocycles. The average Bonchev–Trinajstić information content (AvgIpc) is 2.30. The van der Waals surface area contributed by atoms with Crippen molar-refractivity contribution >= 4 is 0 Å². The Morgan fingerprint density at radius 2 is 1.94 bits per heavy atom. The van der Waals surface area contributed by atoms with Crippen molar-refractivity contribution < 1.29 is 4.74 Å². The van der Waals surface area contributed by atoms with Crippen LogP contribution in [0.3, 0.4) is 0 Å². The number of unbranched alkanes of at least 4 members (excludes halogenated alkanes) is 1. The maximum atomic E-state index is 8.56. The smallest absolute Gasteiger partial charge is 0.0621 e. The predicted molar refractivity (Wildman–Crippen MR) is 71.8 cm³/mol. The van der Waals surface area contributed by atoms with Gasteiger partial charge >= 0.3 is 0 Å². The maximum absolute atomic E-state index is 8.56. The lowest BCUT2D eigenvalue weighted by Crippen LogP contribution is -2.30. The highest BCUT2D eigenvalue weighted by molar-refractivity contribution is 4.78. The molecule has 0 bridgehead atoms. The van der Waals surface area contributed by atoms with Gasteiger partial charge in [0, 0.05) is 26.2 Å². The van der Waals surface area contributed by atoms with Crippen LogP contribution in [0, 0.1) is 16.7 Å². The van der Waals surface area contributed by atoms with E-state index in [0.29, 0.717) is 6.42 Å². The van der Waals surface area contributed by atoms with Gasteiger partial charge in [0.15, 0.2) is 0 Å². The molecule has 0 fully saturated rings. The lowest BCUT2D eigenvalue weighted by Gasteiger charge is -2.23. The first-order chi connectivity index (χ1) is 8.12. The van der Waals surface area contributed by atoms with Gasteiger partial charge in [0.1, 0.15) is 0 Å². The van der Waals surface area contributed by atoms with E-state index in [2.05, 4.69) is 32.2 Å². The third-order valence-corrected chi connectivity index (χ3v) is 2.80. The first-order valence-corrected chi connectivity index (χ1v) is 6.78. The highest BCUT2D eigenvalue weighted by Gasteiger charge is 2.16. The fourth-order valence-electron chi connectivity index (χ4n) is 1.56. The molecular formula is C14H28N2O. The zero-order chi connectivity index (χ0) is 13.0. The summed E-state index contributed by atoms with van der Waals surface area (Å²) >= 11 is 0. The van der Waals surface area contributed by atoms with Crippen LogP contribution < -0.4 is 5.32 Å². The van der Waals surface area contributed by atoms with E-state index in [1.54, 1.807) is 0 Å². The SMILES string of the molecule is CCCCOCCCNCC(C)(C)CCC#N. The topological polar surface area (TPSA) is 45.0 Å². The third-order valence-electron chi connectivity index (χ3n) is 2.80. The lowest BCUT2D eigenvalue weighted by atomic mass is 9.88. The molecule has 1 N–H and O–H groups in total. The fraction of sp³-hybridized carbons (Fsp3) is 0.929. The number of nitriles is 1. The minimum absolute atomic E-state index is 0.221. The van der Waals surface area contributed by atoms with Crippen molar-refractivity contribution in [2.24, 2.45) is 5.41 Å². The van der Waals surface area contributed by atoms with E-state index in [1.165, 1.54) is 6.42 Å². The molecule has 3 heteroatoms. The number of ether oxygens (including phenoxy) is 1. The summed E-state index contributed by atoms with van der Waals surface area (Å²) < 4.78 is 5.49. The molecule has 0 atom stereocenters. The number of hydrogen-bond acceptors (Lipinski definition) is 3. The van der Waals surface area contributed by atoms with Crippen LogP contribution in [0.2, 0.25) is 0 Å². The van der Waals surface area contributed by atoms with Gasteiger partial charge in [-0.25, -0.2) is 0 Å². The monoisotopic (exact) mass is 240 g/mol. The molecule has 0 aliphatic rings. The lowest BCUT2D eigenvalue weighted by molar-refractivity contribution is 0.128. The molecule has 100 valence electrons. The molecule has 0 rings (SSSR count). The highest BCUT2D eigenvalue weighted by Crippen LogP contribution is 2.20. The summed E-state index contributed by atoms with van der Waals surface area (Å²) in [5.74, 6) is 0. The summed E-state index contributed by atoms with van der Waals surface area (Å²) in [5, 5.41) is 12.0. The van der Waals surface area contributed by atoms with E-state index in [1.807, 2.05) is 0 Å². The van der Waals surface area contributed by atoms with Gasteiger partial charge < -0.3 is 10.1 Å². The Morgan fingerprint density at radius 1 is 1.24 bits per heavy atom. The van der Waals surface area contributed by atoms with Crippen molar-refractivity contribution in [1.82, 2.24) is 5.32 Å². The quantitative estimate of drug-likeness (QED) is 0.564. The molecule has 3 nitrogen and oxygen atoms in total. The van der Waals surface area contributed by atoms with Crippen LogP contribution in [0.4, 0.5) is 0 Å². The summed E-state index contributed by atoms with van der Waals surface area (Å²) in [7, 11) is 0. The number of nitrogens with zero attached hydrogens (tertiary/aromatic N) is 1. The van der Waals surface area contributed by atoms with Crippen LogP contribution >= 0.6 is 0 Å². The Kier molecular flexibility index (Phi) is 10.2. The third kappa shape index (κ3) is 11.7. The van der Waals surface area contributed by atoms with Crippen molar-refractivity contribution in [2.75, 3.05) is 26.3 Å². The Bertz CT molecular complexity index is 209. The molecule has 0 saturated carbocycles. The first kappa shape index (κ1) is 16.4. The van der Waals surface area contributed by atoms with Crippen LogP contribution in [-0.2, 0) is 4.74 Å². The molecular weight excluding hydrogens is 212 g/mol. The minimum Gasteiger partial charge on any atom is -0.381 e. The van der Waals surface area contributed by atoms with E-state index in [4.69, 9.17) is 10.00 Å². The van der Waals surface area contributed by atoms with E-state index in [9.17, 15) is 0 Å². The molecule has 0 aromatic rings. The molecule has 0 spiro atoms. The second-order valence-corrected chi connectivity index (χ2v) is 5.32. The van der Waals surface area contributed by atoms with Crippen molar-refractivity contribution in [3.63, 3.8) is 0 Å². The van der Waals surface area contributed by atoms with Crippen molar-refractivity contribution in [3.8, 4) is 6.07 Å². The molecule has 0 aliphatic heterocycles. The Morgan fingerprint density at radius 3 is 2.59 bits per heavy atom. The van der Waals surface area contributed by atoms with E-state index >= 15 is 0 Å². The second kappa shape index (κ2) is 10.6. The van der Waals surface area contributed by atoms with Crippen molar-refractivity contribution in [2.45, 2.75) is 52.9 Å². The molecule has 0 aromatic carbocycles. The largest absolute Gasteiger partial charge is 0.381 e. The van der Waals surface area contributed by atoms with Crippen LogP contribution in [0.1, 0.15) is 52.9 Å². The number of rotatable bonds is 11. The Labute approximate surface area is 107 Å². The standard InChI is InChI=1S/C14H28N2O/c1-4-5-11-17-12-7-10-16-13-14(2,3)8-6-9-15/h16H,4-8,10-13H2,1-3H3. The summed E-state index contributed by atoms with van der Waals surface area (Å²) in [6, 6.07) is 2.21. The van der Waals surface area contributed by atoms with Gasteiger partial charge in [0.2, 0.25) is 0 Å². The molecule has 0 saturated heterocycles. The van der Waals surface area contributed by atoms with Gasteiger partial charge in [-0.3, -0.25) is 0 Å². The highest BCUT2D eigenvalue weighted by atomic mass is 16.5. The van der Waals surface area contributed by atoms with Crippen LogP contribution in [-0.4, -0.2) is 26.3 Å². The zero-order valence-corrected chi connectivity index (χ0v) is 11.7. The van der Waals surface area contributed by atoms with Crippen molar-refractivity contribution in [1.29, 1.82) is 5.26 Å². The van der Waals surface area contributed by atoms with Gasteiger partial charge in [-0.15, -0.1) is 0 Å². The summed E-state index contributed by atoms with van der Waals surface area (Å²) in [6.07, 6.45) is 5.04. The minimum atomic E-state index is 0.221. The van der Waals surface area contributed by atoms with E-state index < -0.39 is 0 Å². The summed E-state index contributed by atoms with van der Waals surface area (Å²) in [6.45, 7) is 10.3. The van der Waals surface area contributed by atoms with Crippen LogP contribution in [0.25, 0.3) is 0 Å². The van der Waals surface area contributed by atoms with Gasteiger partial charge in [0.25, 0.3) is 0 Å². The molecule has 0 heterocycles. The van der Waals surface area contributed by atoms with E-state index in [-0.39, 0.29) is 5.41 Å². The van der Waals surface area contributed by atoms with Gasteiger partial charge in [-0.05, 0) is 31.2 Å². The van der Waals surface area contributed by atoms with Crippen molar-refractivity contribution in [3.05, 3.63) is 0 Å². The predicted octanol–water partition coefficient (Wildman–Crippen LogP) is 3.11. The van der Waals surface area contributed by atoms with Gasteiger partial charge in [0.05, 0.1) is 6.07 Å². The second-order valence-electron chi connectivity index (χ2n) is 5.32. The van der Waals surface area contributed by atoms with Crippen LogP contribution in [0.15, 0.2) is 0 Å². The molecule has 0 amide bonds. The summed E-state index contributed by atoms with van der Waals surface area (Å²) in [5.41, 5.74) is 0.221. The normalized spacial score (nSPS) is 11.4. The number of nitrogens with one attached hydrogen (secondary N) is 1. The number of hydrogen-bond donors (Lipinski definition) is 1. The maximum Gasteiger partial charge on any atom is 0.0621 e. The summed E-state index contributed by atoms with van der Waals surface area (Å²) in [4.78, 5) is 0. The first-order valence-electron chi connectivity index (χ1n) is 6.78. The van der Waals surface area contributed by atoms with Crippen LogP contribution in [0.5, 0.6) is 0 Å². The zero-order valence-electron chi connectivity index (χ0n) is 11.7. The van der Waals surface area contributed by atoms with E-state index in [0.717, 1.165) is 45.6 Å². The molecule has 0 unspecified atom stereocenters.